The molecule has 24 heavy (non-hydrogen) atoms. The lowest BCUT2D eigenvalue weighted by Crippen LogP contribution is -2.43. The Labute approximate surface area is 161 Å². The van der Waals surface area contributed by atoms with Gasteiger partial charge in [-0.15, -0.1) is 0 Å². The van der Waals surface area contributed by atoms with Gasteiger partial charge in [0, 0.05) is 48.4 Å². The van der Waals surface area contributed by atoms with E-state index in [2.05, 4.69) is 27.9 Å². The quantitative estimate of drug-likeness (QED) is 0.520. The summed E-state index contributed by atoms with van der Waals surface area (Å²) in [5, 5.41) is 3.59. The summed E-state index contributed by atoms with van der Waals surface area (Å²) in [6.07, 6.45) is 2.22. The van der Waals surface area contributed by atoms with Crippen molar-refractivity contribution in [3.63, 3.8) is 0 Å². The van der Waals surface area contributed by atoms with Crippen LogP contribution in [0.4, 0.5) is 0 Å². The number of halogens is 2. The average Bonchev–Trinajstić information content (AvgIpc) is 2.60. The van der Waals surface area contributed by atoms with Gasteiger partial charge in [-0.05, 0) is 60.1 Å². The number of piperidine rings is 1. The Morgan fingerprint density at radius 2 is 2.08 bits per heavy atom. The molecule has 0 bridgehead atoms. The Bertz CT molecular complexity index is 589. The van der Waals surface area contributed by atoms with Crippen LogP contribution in [-0.4, -0.2) is 50.1 Å². The summed E-state index contributed by atoms with van der Waals surface area (Å²) in [5.41, 5.74) is 0.645. The Morgan fingerprint density at radius 1 is 1.38 bits per heavy atom. The molecule has 0 aromatic heterocycles. The summed E-state index contributed by atoms with van der Waals surface area (Å²) < 4.78 is 5.83. The number of carbonyl (C=O) groups is 2. The van der Waals surface area contributed by atoms with Crippen LogP contribution in [0.3, 0.4) is 0 Å². The van der Waals surface area contributed by atoms with Crippen molar-refractivity contribution in [3.8, 4) is 0 Å². The molecule has 1 aromatic carbocycles. The zero-order valence-electron chi connectivity index (χ0n) is 13.7. The lowest BCUT2D eigenvalue weighted by Gasteiger charge is -2.31. The molecule has 7 heteroatoms. The van der Waals surface area contributed by atoms with Crippen LogP contribution in [0.1, 0.15) is 29.6 Å². The standard InChI is InChI=1S/C17H22ClIN2O3/c1-24-10-2-7-20-16(22)12-5-8-21(9-6-12)17(23)13-3-4-14(18)15(19)11-13/h3-4,11-12H,2,5-10H2,1H3,(H,20,22). The molecule has 0 spiro atoms. The number of hydrogen-bond donors (Lipinski definition) is 1. The van der Waals surface area contributed by atoms with E-state index in [9.17, 15) is 9.59 Å². The van der Waals surface area contributed by atoms with Gasteiger partial charge in [-0.25, -0.2) is 0 Å². The number of methoxy groups -OCH3 is 1. The molecule has 0 unspecified atom stereocenters. The zero-order chi connectivity index (χ0) is 17.5. The summed E-state index contributed by atoms with van der Waals surface area (Å²) in [6, 6.07) is 5.30. The maximum Gasteiger partial charge on any atom is 0.253 e. The van der Waals surface area contributed by atoms with Gasteiger partial charge in [-0.1, -0.05) is 11.6 Å². The molecule has 1 aromatic rings. The zero-order valence-corrected chi connectivity index (χ0v) is 16.6. The lowest BCUT2D eigenvalue weighted by molar-refractivity contribution is -0.126. The molecule has 1 saturated heterocycles. The minimum absolute atomic E-state index is 0.00327. The molecule has 1 heterocycles. The minimum atomic E-state index is -0.0121. The van der Waals surface area contributed by atoms with Crippen molar-refractivity contribution in [2.75, 3.05) is 33.4 Å². The highest BCUT2D eigenvalue weighted by Crippen LogP contribution is 2.23. The number of ether oxygens (including phenoxy) is 1. The van der Waals surface area contributed by atoms with E-state index in [1.807, 2.05) is 4.90 Å². The van der Waals surface area contributed by atoms with Gasteiger partial charge in [0.15, 0.2) is 0 Å². The smallest absolute Gasteiger partial charge is 0.253 e. The van der Waals surface area contributed by atoms with E-state index in [1.54, 1.807) is 25.3 Å². The van der Waals surface area contributed by atoms with Crippen molar-refractivity contribution in [2.24, 2.45) is 5.92 Å². The highest BCUT2D eigenvalue weighted by molar-refractivity contribution is 14.1. The molecule has 132 valence electrons. The fourth-order valence-electron chi connectivity index (χ4n) is 2.73. The number of amides is 2. The fourth-order valence-corrected chi connectivity index (χ4v) is 3.36. The third-order valence-electron chi connectivity index (χ3n) is 4.14. The molecule has 1 aliphatic rings. The summed E-state index contributed by atoms with van der Waals surface area (Å²) >= 11 is 8.12. The van der Waals surface area contributed by atoms with Crippen LogP contribution >= 0.6 is 34.2 Å². The van der Waals surface area contributed by atoms with Crippen molar-refractivity contribution >= 4 is 46.0 Å². The Morgan fingerprint density at radius 3 is 2.71 bits per heavy atom. The van der Waals surface area contributed by atoms with Crippen LogP contribution in [-0.2, 0) is 9.53 Å². The van der Waals surface area contributed by atoms with Crippen LogP contribution in [0.5, 0.6) is 0 Å². The topological polar surface area (TPSA) is 58.6 Å². The van der Waals surface area contributed by atoms with Crippen molar-refractivity contribution in [1.29, 1.82) is 0 Å². The molecule has 2 rings (SSSR count). The third kappa shape index (κ3) is 5.32. The van der Waals surface area contributed by atoms with Crippen LogP contribution in [0.25, 0.3) is 0 Å². The molecule has 1 N–H and O–H groups in total. The average molecular weight is 465 g/mol. The van der Waals surface area contributed by atoms with E-state index < -0.39 is 0 Å². The maximum absolute atomic E-state index is 12.5. The fraction of sp³-hybridized carbons (Fsp3) is 0.529. The highest BCUT2D eigenvalue weighted by atomic mass is 127. The summed E-state index contributed by atoms with van der Waals surface area (Å²) in [5.74, 6) is 0.0738. The Kier molecular flexibility index (Phi) is 7.77. The molecule has 1 fully saturated rings. The summed E-state index contributed by atoms with van der Waals surface area (Å²) in [6.45, 7) is 2.49. The third-order valence-corrected chi connectivity index (χ3v) is 5.68. The predicted octanol–water partition coefficient (Wildman–Crippen LogP) is 2.95. The second-order valence-electron chi connectivity index (χ2n) is 5.83. The van der Waals surface area contributed by atoms with E-state index in [1.165, 1.54) is 0 Å². The van der Waals surface area contributed by atoms with E-state index in [0.29, 0.717) is 49.7 Å². The molecule has 1 aliphatic heterocycles. The van der Waals surface area contributed by atoms with E-state index in [0.717, 1.165) is 9.99 Å². The number of likely N-dealkylation sites (tertiary alicyclic amines) is 1. The first-order valence-corrected chi connectivity index (χ1v) is 9.49. The minimum Gasteiger partial charge on any atom is -0.385 e. The van der Waals surface area contributed by atoms with Crippen molar-refractivity contribution in [2.45, 2.75) is 19.3 Å². The van der Waals surface area contributed by atoms with Crippen molar-refractivity contribution in [3.05, 3.63) is 32.4 Å². The number of rotatable bonds is 6. The van der Waals surface area contributed by atoms with E-state index in [-0.39, 0.29) is 17.7 Å². The van der Waals surface area contributed by atoms with Gasteiger partial charge >= 0.3 is 0 Å². The van der Waals surface area contributed by atoms with Gasteiger partial charge < -0.3 is 15.0 Å². The summed E-state index contributed by atoms with van der Waals surface area (Å²) in [4.78, 5) is 26.5. The van der Waals surface area contributed by atoms with Gasteiger partial charge in [0.05, 0.1) is 5.02 Å². The molecule has 0 radical (unpaired) electrons. The van der Waals surface area contributed by atoms with Gasteiger partial charge in [-0.3, -0.25) is 9.59 Å². The number of benzene rings is 1. The molecule has 2 amide bonds. The molecule has 0 saturated carbocycles. The number of hydrogen-bond acceptors (Lipinski definition) is 3. The lowest BCUT2D eigenvalue weighted by atomic mass is 9.95. The normalized spacial score (nSPS) is 15.4. The summed E-state index contributed by atoms with van der Waals surface area (Å²) in [7, 11) is 1.65. The van der Waals surface area contributed by atoms with Gasteiger partial charge in [-0.2, -0.15) is 0 Å². The van der Waals surface area contributed by atoms with Gasteiger partial charge in [0.25, 0.3) is 5.91 Å². The second kappa shape index (κ2) is 9.58. The van der Waals surface area contributed by atoms with Crippen LogP contribution in [0.15, 0.2) is 18.2 Å². The van der Waals surface area contributed by atoms with Crippen LogP contribution in [0.2, 0.25) is 5.02 Å². The first-order valence-electron chi connectivity index (χ1n) is 8.04. The van der Waals surface area contributed by atoms with Crippen LogP contribution in [0, 0.1) is 9.49 Å². The number of nitrogens with zero attached hydrogens (tertiary/aromatic N) is 1. The largest absolute Gasteiger partial charge is 0.385 e. The van der Waals surface area contributed by atoms with Gasteiger partial charge in [0.1, 0.15) is 0 Å². The highest BCUT2D eigenvalue weighted by Gasteiger charge is 2.27. The molecule has 5 nitrogen and oxygen atoms in total. The Hall–Kier alpha value is -0.860. The monoisotopic (exact) mass is 464 g/mol. The Balaban J connectivity index is 1.82. The molecular formula is C17H22ClIN2O3. The maximum atomic E-state index is 12.5. The van der Waals surface area contributed by atoms with E-state index in [4.69, 9.17) is 16.3 Å². The molecular weight excluding hydrogens is 443 g/mol. The van der Waals surface area contributed by atoms with Crippen LogP contribution < -0.4 is 5.32 Å². The molecule has 0 aliphatic carbocycles. The second-order valence-corrected chi connectivity index (χ2v) is 7.40. The number of nitrogens with one attached hydrogen (secondary N) is 1. The predicted molar refractivity (Wildman–Crippen MR) is 102 cm³/mol. The van der Waals surface area contributed by atoms with E-state index >= 15 is 0 Å². The van der Waals surface area contributed by atoms with Gasteiger partial charge in [0.2, 0.25) is 5.91 Å². The number of carbonyl (C=O) groups excluding carboxylic acids is 2. The van der Waals surface area contributed by atoms with Crippen molar-refractivity contribution < 1.29 is 14.3 Å². The SMILES string of the molecule is COCCCNC(=O)C1CCN(C(=O)c2ccc(Cl)c(I)c2)CC1. The molecule has 0 atom stereocenters. The van der Waals surface area contributed by atoms with Crippen molar-refractivity contribution in [1.82, 2.24) is 10.2 Å². The first kappa shape index (κ1) is 19.5. The first-order chi connectivity index (χ1) is 11.5.